The molecule has 0 aliphatic heterocycles. The first-order valence-corrected chi connectivity index (χ1v) is 5.79. The fourth-order valence-electron chi connectivity index (χ4n) is 1.44. The SMILES string of the molecule is CCCCn1nnnc1C(C)NCCC. The number of rotatable bonds is 7. The Morgan fingerprint density at radius 1 is 1.33 bits per heavy atom. The van der Waals surface area contributed by atoms with Crippen molar-refractivity contribution in [1.29, 1.82) is 0 Å². The van der Waals surface area contributed by atoms with Gasteiger partial charge in [-0.2, -0.15) is 0 Å². The molecular formula is C10H21N5. The number of tetrazole rings is 1. The van der Waals surface area contributed by atoms with Gasteiger partial charge in [0.2, 0.25) is 0 Å². The van der Waals surface area contributed by atoms with Crippen molar-refractivity contribution in [3.8, 4) is 0 Å². The van der Waals surface area contributed by atoms with E-state index in [1.165, 1.54) is 0 Å². The van der Waals surface area contributed by atoms with Crippen molar-refractivity contribution in [2.24, 2.45) is 0 Å². The van der Waals surface area contributed by atoms with Crippen LogP contribution in [-0.4, -0.2) is 26.8 Å². The summed E-state index contributed by atoms with van der Waals surface area (Å²) in [5, 5.41) is 15.2. The van der Waals surface area contributed by atoms with Gasteiger partial charge in [0.15, 0.2) is 5.82 Å². The summed E-state index contributed by atoms with van der Waals surface area (Å²) in [4.78, 5) is 0. The minimum atomic E-state index is 0.233. The summed E-state index contributed by atoms with van der Waals surface area (Å²) in [6.07, 6.45) is 3.41. The molecule has 0 radical (unpaired) electrons. The van der Waals surface area contributed by atoms with E-state index in [1.807, 2.05) is 4.68 Å². The fourth-order valence-corrected chi connectivity index (χ4v) is 1.44. The Bertz CT molecular complexity index is 271. The lowest BCUT2D eigenvalue weighted by molar-refractivity contribution is 0.474. The zero-order chi connectivity index (χ0) is 11.1. The Morgan fingerprint density at radius 3 is 2.80 bits per heavy atom. The summed E-state index contributed by atoms with van der Waals surface area (Å²) in [5.74, 6) is 0.942. The van der Waals surface area contributed by atoms with Crippen molar-refractivity contribution in [1.82, 2.24) is 25.5 Å². The third kappa shape index (κ3) is 3.58. The van der Waals surface area contributed by atoms with Crippen LogP contribution in [0.3, 0.4) is 0 Å². The zero-order valence-electron chi connectivity index (χ0n) is 9.90. The summed E-state index contributed by atoms with van der Waals surface area (Å²) in [6.45, 7) is 8.34. The van der Waals surface area contributed by atoms with Crippen molar-refractivity contribution in [2.75, 3.05) is 6.54 Å². The molecule has 1 aromatic heterocycles. The first-order valence-electron chi connectivity index (χ1n) is 5.79. The summed E-state index contributed by atoms with van der Waals surface area (Å²) < 4.78 is 1.90. The molecule has 0 saturated carbocycles. The monoisotopic (exact) mass is 211 g/mol. The molecule has 0 aromatic carbocycles. The maximum absolute atomic E-state index is 4.06. The zero-order valence-corrected chi connectivity index (χ0v) is 9.90. The normalized spacial score (nSPS) is 13.0. The molecule has 0 amide bonds. The molecule has 15 heavy (non-hydrogen) atoms. The van der Waals surface area contributed by atoms with Crippen LogP contribution in [0.4, 0.5) is 0 Å². The Hall–Kier alpha value is -0.970. The van der Waals surface area contributed by atoms with Crippen LogP contribution in [0.2, 0.25) is 0 Å². The van der Waals surface area contributed by atoms with E-state index in [-0.39, 0.29) is 6.04 Å². The average Bonchev–Trinajstić information content (AvgIpc) is 2.71. The number of hydrogen-bond donors (Lipinski definition) is 1. The highest BCUT2D eigenvalue weighted by Gasteiger charge is 2.12. The Balaban J connectivity index is 2.54. The van der Waals surface area contributed by atoms with Crippen molar-refractivity contribution >= 4 is 0 Å². The molecule has 5 heteroatoms. The first kappa shape index (κ1) is 12.1. The lowest BCUT2D eigenvalue weighted by atomic mass is 10.3. The average molecular weight is 211 g/mol. The molecule has 0 aliphatic rings. The standard InChI is InChI=1S/C10H21N5/c1-4-6-8-15-10(12-13-14-15)9(3)11-7-5-2/h9,11H,4-8H2,1-3H3. The maximum Gasteiger partial charge on any atom is 0.167 e. The molecule has 0 bridgehead atoms. The number of hydrogen-bond acceptors (Lipinski definition) is 4. The second-order valence-electron chi connectivity index (χ2n) is 3.79. The van der Waals surface area contributed by atoms with Crippen molar-refractivity contribution in [3.63, 3.8) is 0 Å². The van der Waals surface area contributed by atoms with Gasteiger partial charge in [0.25, 0.3) is 0 Å². The van der Waals surface area contributed by atoms with E-state index in [1.54, 1.807) is 0 Å². The van der Waals surface area contributed by atoms with Crippen molar-refractivity contribution < 1.29 is 0 Å². The minimum absolute atomic E-state index is 0.233. The van der Waals surface area contributed by atoms with Gasteiger partial charge in [0.1, 0.15) is 0 Å². The first-order chi connectivity index (χ1) is 7.29. The second kappa shape index (κ2) is 6.50. The molecule has 0 aliphatic carbocycles. The molecular weight excluding hydrogens is 190 g/mol. The lowest BCUT2D eigenvalue weighted by Crippen LogP contribution is -2.23. The molecule has 1 atom stereocenters. The van der Waals surface area contributed by atoms with Gasteiger partial charge in [0, 0.05) is 6.54 Å². The van der Waals surface area contributed by atoms with Crippen molar-refractivity contribution in [3.05, 3.63) is 5.82 Å². The van der Waals surface area contributed by atoms with Crippen molar-refractivity contribution in [2.45, 2.75) is 52.6 Å². The van der Waals surface area contributed by atoms with Crippen LogP contribution in [0.5, 0.6) is 0 Å². The topological polar surface area (TPSA) is 55.6 Å². The summed E-state index contributed by atoms with van der Waals surface area (Å²) in [6, 6.07) is 0.233. The Labute approximate surface area is 91.2 Å². The van der Waals surface area contributed by atoms with Gasteiger partial charge in [-0.3, -0.25) is 0 Å². The largest absolute Gasteiger partial charge is 0.307 e. The van der Waals surface area contributed by atoms with Gasteiger partial charge in [-0.1, -0.05) is 20.3 Å². The predicted octanol–water partition coefficient (Wildman–Crippen LogP) is 1.53. The Kier molecular flexibility index (Phi) is 5.25. The molecule has 86 valence electrons. The van der Waals surface area contributed by atoms with Crippen LogP contribution in [0.25, 0.3) is 0 Å². The molecule has 5 nitrogen and oxygen atoms in total. The highest BCUT2D eigenvalue weighted by atomic mass is 15.5. The van der Waals surface area contributed by atoms with E-state index >= 15 is 0 Å². The number of aromatic nitrogens is 4. The molecule has 1 heterocycles. The predicted molar refractivity (Wildman–Crippen MR) is 59.4 cm³/mol. The number of nitrogens with zero attached hydrogens (tertiary/aromatic N) is 4. The van der Waals surface area contributed by atoms with Gasteiger partial charge < -0.3 is 5.32 Å². The van der Waals surface area contributed by atoms with Crippen LogP contribution >= 0.6 is 0 Å². The third-order valence-corrected chi connectivity index (χ3v) is 2.37. The van der Waals surface area contributed by atoms with Gasteiger partial charge in [-0.15, -0.1) is 5.10 Å². The maximum atomic E-state index is 4.06. The van der Waals surface area contributed by atoms with E-state index in [0.29, 0.717) is 0 Å². The molecule has 0 saturated heterocycles. The van der Waals surface area contributed by atoms with Crippen LogP contribution in [0.15, 0.2) is 0 Å². The highest BCUT2D eigenvalue weighted by molar-refractivity contribution is 4.89. The van der Waals surface area contributed by atoms with Gasteiger partial charge in [0.05, 0.1) is 6.04 Å². The van der Waals surface area contributed by atoms with Crippen LogP contribution < -0.4 is 5.32 Å². The van der Waals surface area contributed by atoms with E-state index in [0.717, 1.165) is 38.2 Å². The number of aryl methyl sites for hydroxylation is 1. The molecule has 1 N–H and O–H groups in total. The van der Waals surface area contributed by atoms with Crippen LogP contribution in [-0.2, 0) is 6.54 Å². The van der Waals surface area contributed by atoms with Crippen LogP contribution in [0, 0.1) is 0 Å². The minimum Gasteiger partial charge on any atom is -0.307 e. The van der Waals surface area contributed by atoms with E-state index in [9.17, 15) is 0 Å². The smallest absolute Gasteiger partial charge is 0.167 e. The summed E-state index contributed by atoms with van der Waals surface area (Å²) >= 11 is 0. The van der Waals surface area contributed by atoms with E-state index in [2.05, 4.69) is 41.6 Å². The van der Waals surface area contributed by atoms with Gasteiger partial charge >= 0.3 is 0 Å². The third-order valence-electron chi connectivity index (χ3n) is 2.37. The Morgan fingerprint density at radius 2 is 2.13 bits per heavy atom. The molecule has 1 unspecified atom stereocenters. The lowest BCUT2D eigenvalue weighted by Gasteiger charge is -2.12. The summed E-state index contributed by atoms with van der Waals surface area (Å²) in [5.41, 5.74) is 0. The molecule has 0 spiro atoms. The van der Waals surface area contributed by atoms with E-state index in [4.69, 9.17) is 0 Å². The van der Waals surface area contributed by atoms with E-state index < -0.39 is 0 Å². The highest BCUT2D eigenvalue weighted by Crippen LogP contribution is 2.08. The second-order valence-corrected chi connectivity index (χ2v) is 3.79. The summed E-state index contributed by atoms with van der Waals surface area (Å²) in [7, 11) is 0. The number of unbranched alkanes of at least 4 members (excludes halogenated alkanes) is 1. The molecule has 1 aromatic rings. The molecule has 1 rings (SSSR count). The number of nitrogens with one attached hydrogen (secondary N) is 1. The fraction of sp³-hybridized carbons (Fsp3) is 0.900. The molecule has 0 fully saturated rings. The quantitative estimate of drug-likeness (QED) is 0.743. The van der Waals surface area contributed by atoms with Gasteiger partial charge in [-0.05, 0) is 36.7 Å². The van der Waals surface area contributed by atoms with Gasteiger partial charge in [-0.25, -0.2) is 4.68 Å². The van der Waals surface area contributed by atoms with Crippen LogP contribution in [0.1, 0.15) is 51.9 Å².